The number of carbonyl (C=O) groups excluding carboxylic acids is 1. The number of carbonyl (C=O) groups is 1. The first-order chi connectivity index (χ1) is 11.6. The van der Waals surface area contributed by atoms with E-state index in [2.05, 4.69) is 5.32 Å². The van der Waals surface area contributed by atoms with Crippen LogP contribution in [-0.2, 0) is 0 Å². The Morgan fingerprint density at radius 2 is 1.75 bits per heavy atom. The highest BCUT2D eigenvalue weighted by molar-refractivity contribution is 6.10. The second-order valence-electron chi connectivity index (χ2n) is 5.51. The molecule has 4 heteroatoms. The maximum absolute atomic E-state index is 12.7. The van der Waals surface area contributed by atoms with E-state index in [0.717, 1.165) is 22.1 Å². The van der Waals surface area contributed by atoms with Gasteiger partial charge >= 0.3 is 0 Å². The zero-order valence-corrected chi connectivity index (χ0v) is 13.9. The van der Waals surface area contributed by atoms with Crippen LogP contribution in [0, 0.1) is 6.92 Å². The van der Waals surface area contributed by atoms with Gasteiger partial charge in [-0.05, 0) is 30.0 Å². The van der Waals surface area contributed by atoms with Gasteiger partial charge in [0.05, 0.1) is 19.8 Å². The number of nitrogens with one attached hydrogen (secondary N) is 1. The molecule has 3 aromatic rings. The number of hydrogen-bond donors (Lipinski definition) is 1. The summed E-state index contributed by atoms with van der Waals surface area (Å²) in [7, 11) is 3.19. The van der Waals surface area contributed by atoms with Crippen molar-refractivity contribution < 1.29 is 14.3 Å². The summed E-state index contributed by atoms with van der Waals surface area (Å²) in [5.41, 5.74) is 2.19. The molecule has 3 aromatic carbocycles. The fraction of sp³-hybridized carbons (Fsp3) is 0.150. The summed E-state index contributed by atoms with van der Waals surface area (Å²) >= 11 is 0. The predicted octanol–water partition coefficient (Wildman–Crippen LogP) is 4.42. The lowest BCUT2D eigenvalue weighted by molar-refractivity contribution is 0.102. The second kappa shape index (κ2) is 6.62. The first-order valence-electron chi connectivity index (χ1n) is 7.65. The van der Waals surface area contributed by atoms with Gasteiger partial charge in [-0.3, -0.25) is 4.79 Å². The summed E-state index contributed by atoms with van der Waals surface area (Å²) in [6.45, 7) is 1.96. The molecule has 0 heterocycles. The Bertz CT molecular complexity index is 903. The largest absolute Gasteiger partial charge is 0.496 e. The number of rotatable bonds is 4. The van der Waals surface area contributed by atoms with Crippen molar-refractivity contribution in [1.82, 2.24) is 0 Å². The molecular formula is C20H19NO3. The normalized spacial score (nSPS) is 10.5. The SMILES string of the molecule is COc1cc(NC(=O)c2ccc3ccccc3c2OC)ccc1C. The smallest absolute Gasteiger partial charge is 0.259 e. The van der Waals surface area contributed by atoms with Gasteiger partial charge < -0.3 is 14.8 Å². The van der Waals surface area contributed by atoms with Crippen LogP contribution < -0.4 is 14.8 Å². The van der Waals surface area contributed by atoms with Crippen LogP contribution in [-0.4, -0.2) is 20.1 Å². The Hall–Kier alpha value is -3.01. The van der Waals surface area contributed by atoms with E-state index in [-0.39, 0.29) is 5.91 Å². The molecule has 0 saturated heterocycles. The van der Waals surface area contributed by atoms with Gasteiger partial charge in [0, 0.05) is 17.1 Å². The van der Waals surface area contributed by atoms with E-state index in [4.69, 9.17) is 9.47 Å². The summed E-state index contributed by atoms with van der Waals surface area (Å²) in [4.78, 5) is 12.7. The third-order valence-corrected chi connectivity index (χ3v) is 3.99. The molecule has 0 radical (unpaired) electrons. The number of amides is 1. The van der Waals surface area contributed by atoms with Crippen LogP contribution in [0.1, 0.15) is 15.9 Å². The maximum Gasteiger partial charge on any atom is 0.259 e. The van der Waals surface area contributed by atoms with E-state index in [9.17, 15) is 4.79 Å². The fourth-order valence-electron chi connectivity index (χ4n) is 2.74. The molecule has 0 aromatic heterocycles. The fourth-order valence-corrected chi connectivity index (χ4v) is 2.74. The van der Waals surface area contributed by atoms with Crippen LogP contribution in [0.3, 0.4) is 0 Å². The van der Waals surface area contributed by atoms with E-state index in [1.54, 1.807) is 26.4 Å². The van der Waals surface area contributed by atoms with Crippen molar-refractivity contribution >= 4 is 22.4 Å². The number of anilines is 1. The van der Waals surface area contributed by atoms with Gasteiger partial charge in [-0.2, -0.15) is 0 Å². The summed E-state index contributed by atoms with van der Waals surface area (Å²) in [5.74, 6) is 1.09. The van der Waals surface area contributed by atoms with Crippen molar-refractivity contribution in [3.8, 4) is 11.5 Å². The predicted molar refractivity (Wildman–Crippen MR) is 96.2 cm³/mol. The van der Waals surface area contributed by atoms with E-state index >= 15 is 0 Å². The van der Waals surface area contributed by atoms with E-state index in [1.807, 2.05) is 49.4 Å². The molecule has 0 saturated carbocycles. The molecule has 0 unspecified atom stereocenters. The number of hydrogen-bond acceptors (Lipinski definition) is 3. The highest BCUT2D eigenvalue weighted by atomic mass is 16.5. The monoisotopic (exact) mass is 321 g/mol. The third-order valence-electron chi connectivity index (χ3n) is 3.99. The van der Waals surface area contributed by atoms with Crippen LogP contribution in [0.2, 0.25) is 0 Å². The van der Waals surface area contributed by atoms with Crippen LogP contribution >= 0.6 is 0 Å². The van der Waals surface area contributed by atoms with Crippen molar-refractivity contribution in [3.63, 3.8) is 0 Å². The van der Waals surface area contributed by atoms with Crippen molar-refractivity contribution in [1.29, 1.82) is 0 Å². The zero-order chi connectivity index (χ0) is 17.1. The number of aryl methyl sites for hydroxylation is 1. The average molecular weight is 321 g/mol. The summed E-state index contributed by atoms with van der Waals surface area (Å²) in [6, 6.07) is 17.1. The van der Waals surface area contributed by atoms with Gasteiger partial charge in [0.15, 0.2) is 0 Å². The van der Waals surface area contributed by atoms with E-state index in [0.29, 0.717) is 17.0 Å². The second-order valence-corrected chi connectivity index (χ2v) is 5.51. The highest BCUT2D eigenvalue weighted by Gasteiger charge is 2.15. The Morgan fingerprint density at radius 3 is 2.50 bits per heavy atom. The minimum atomic E-state index is -0.219. The molecule has 0 spiro atoms. The van der Waals surface area contributed by atoms with Gasteiger partial charge in [0.1, 0.15) is 11.5 Å². The zero-order valence-electron chi connectivity index (χ0n) is 13.9. The number of benzene rings is 3. The molecule has 122 valence electrons. The average Bonchev–Trinajstić information content (AvgIpc) is 2.62. The number of methoxy groups -OCH3 is 2. The molecule has 0 fully saturated rings. The first kappa shape index (κ1) is 15.9. The molecular weight excluding hydrogens is 302 g/mol. The van der Waals surface area contributed by atoms with Crippen molar-refractivity contribution in [2.24, 2.45) is 0 Å². The van der Waals surface area contributed by atoms with Gasteiger partial charge in [0.2, 0.25) is 0 Å². The van der Waals surface area contributed by atoms with Gasteiger partial charge in [-0.15, -0.1) is 0 Å². The van der Waals surface area contributed by atoms with Gasteiger partial charge in [0.25, 0.3) is 5.91 Å². The Balaban J connectivity index is 1.97. The van der Waals surface area contributed by atoms with Gasteiger partial charge in [-0.25, -0.2) is 0 Å². The van der Waals surface area contributed by atoms with Crippen molar-refractivity contribution in [2.75, 3.05) is 19.5 Å². The van der Waals surface area contributed by atoms with E-state index in [1.165, 1.54) is 0 Å². The minimum Gasteiger partial charge on any atom is -0.496 e. The lowest BCUT2D eigenvalue weighted by Crippen LogP contribution is -2.13. The van der Waals surface area contributed by atoms with Crippen LogP contribution in [0.15, 0.2) is 54.6 Å². The first-order valence-corrected chi connectivity index (χ1v) is 7.65. The molecule has 0 aliphatic rings. The Labute approximate surface area is 141 Å². The molecule has 24 heavy (non-hydrogen) atoms. The summed E-state index contributed by atoms with van der Waals surface area (Å²) in [5, 5.41) is 4.84. The van der Waals surface area contributed by atoms with Crippen LogP contribution in [0.25, 0.3) is 10.8 Å². The number of fused-ring (bicyclic) bond motifs is 1. The maximum atomic E-state index is 12.7. The quantitative estimate of drug-likeness (QED) is 0.774. The van der Waals surface area contributed by atoms with Gasteiger partial charge in [-0.1, -0.05) is 36.4 Å². The topological polar surface area (TPSA) is 47.6 Å². The molecule has 0 atom stereocenters. The van der Waals surface area contributed by atoms with Crippen LogP contribution in [0.4, 0.5) is 5.69 Å². The molecule has 3 rings (SSSR count). The summed E-state index contributed by atoms with van der Waals surface area (Å²) in [6.07, 6.45) is 0. The van der Waals surface area contributed by atoms with Crippen molar-refractivity contribution in [2.45, 2.75) is 6.92 Å². The number of ether oxygens (including phenoxy) is 2. The molecule has 4 nitrogen and oxygen atoms in total. The molecule has 1 amide bonds. The van der Waals surface area contributed by atoms with Crippen molar-refractivity contribution in [3.05, 3.63) is 65.7 Å². The molecule has 0 bridgehead atoms. The standard InChI is InChI=1S/C20H19NO3/c1-13-8-10-15(12-18(13)23-2)21-20(22)17-11-9-14-6-4-5-7-16(14)19(17)24-3/h4-12H,1-3H3,(H,21,22). The molecule has 0 aliphatic heterocycles. The lowest BCUT2D eigenvalue weighted by Gasteiger charge is -2.13. The Morgan fingerprint density at radius 1 is 0.958 bits per heavy atom. The molecule has 0 aliphatic carbocycles. The third kappa shape index (κ3) is 2.91. The highest BCUT2D eigenvalue weighted by Crippen LogP contribution is 2.30. The summed E-state index contributed by atoms with van der Waals surface area (Å²) < 4.78 is 10.8. The lowest BCUT2D eigenvalue weighted by atomic mass is 10.0. The molecule has 1 N–H and O–H groups in total. The van der Waals surface area contributed by atoms with E-state index < -0.39 is 0 Å². The van der Waals surface area contributed by atoms with Crippen LogP contribution in [0.5, 0.6) is 11.5 Å². The minimum absolute atomic E-state index is 0.219. The Kier molecular flexibility index (Phi) is 4.38.